The van der Waals surface area contributed by atoms with Crippen LogP contribution >= 0.6 is 0 Å². The largest absolute Gasteiger partial charge is 0.187 e. The summed E-state index contributed by atoms with van der Waals surface area (Å²) < 4.78 is 0. The van der Waals surface area contributed by atoms with Crippen molar-refractivity contribution in [3.05, 3.63) is 9.93 Å². The maximum atomic E-state index is 7.00. The predicted molar refractivity (Wildman–Crippen MR) is 16.7 cm³/mol. The van der Waals surface area contributed by atoms with Crippen molar-refractivity contribution in [1.29, 1.82) is 0 Å². The Hall–Kier alpha value is 3.48. The zero-order valence-electron chi connectivity index (χ0n) is 3.33. The number of rotatable bonds is 0. The van der Waals surface area contributed by atoms with E-state index in [1.165, 1.54) is 0 Å². The van der Waals surface area contributed by atoms with E-state index in [1.54, 1.807) is 0 Å². The Kier molecular flexibility index (Phi) is 947. The van der Waals surface area contributed by atoms with Gasteiger partial charge in [0.1, 0.15) is 0 Å². The summed E-state index contributed by atoms with van der Waals surface area (Å²) in [5, 5.41) is 0. The van der Waals surface area contributed by atoms with Crippen molar-refractivity contribution in [3.8, 4) is 0 Å². The van der Waals surface area contributed by atoms with Crippen molar-refractivity contribution in [1.82, 2.24) is 0 Å². The summed E-state index contributed by atoms with van der Waals surface area (Å²) in [6.45, 7) is 0. The molecule has 0 amide bonds. The summed E-state index contributed by atoms with van der Waals surface area (Å²) in [5.41, 5.74) is 0. The van der Waals surface area contributed by atoms with Crippen LogP contribution in [0.25, 0.3) is 0 Å². The first kappa shape index (κ1) is 81.9. The summed E-state index contributed by atoms with van der Waals surface area (Å²) >= 11 is 0. The molecule has 9 heteroatoms. The number of hydrogen-bond acceptors (Lipinski definition) is 2. The molecule has 0 heterocycles. The molecule has 0 atom stereocenters. The van der Waals surface area contributed by atoms with Crippen LogP contribution in [-0.4, -0.2) is 17.4 Å². The van der Waals surface area contributed by atoms with Gasteiger partial charge in [-0.2, -0.15) is 0 Å². The van der Waals surface area contributed by atoms with Gasteiger partial charge in [-0.05, 0) is 0 Å². The molecule has 9 heavy (non-hydrogen) atoms. The average Bonchev–Trinajstić information content (AvgIpc) is 1.00. The van der Waals surface area contributed by atoms with Gasteiger partial charge in [-0.1, -0.05) is 0 Å². The summed E-state index contributed by atoms with van der Waals surface area (Å²) in [5.74, 6) is 0. The first-order chi connectivity index (χ1) is 1.00. The first-order valence-corrected chi connectivity index (χ1v) is 0.167. The molecule has 0 aromatic heterocycles. The maximum Gasteiger partial charge on any atom is 0.187 e. The Bertz CT molecular complexity index is 26.5. The minimum atomic E-state index is 0. The third kappa shape index (κ3) is 85.1. The van der Waals surface area contributed by atoms with E-state index in [1.807, 2.05) is 0 Å². The van der Waals surface area contributed by atoms with E-state index >= 15 is 0 Å². The molecule has 60 valence electrons. The molecule has 0 bridgehead atoms. The molecule has 0 aromatic rings. The van der Waals surface area contributed by atoms with Crippen LogP contribution in [0.3, 0.4) is 0 Å². The minimum absolute atomic E-state index is 0. The van der Waals surface area contributed by atoms with Gasteiger partial charge in [0.25, 0.3) is 0 Å². The standard InChI is InChI=1S/Al.Co.Fe.Ni.O2.Ru.V.Zn.3H/c;;;;1-2;;;;;;. The van der Waals surface area contributed by atoms with Crippen LogP contribution < -0.4 is 0 Å². The zero-order chi connectivity index (χ0) is 2.00. The fourth-order valence-electron chi connectivity index (χ4n) is 0. The summed E-state index contributed by atoms with van der Waals surface area (Å²) in [7, 11) is 0. The normalized spacial score (nSPS) is 0.444. The predicted octanol–water partition coefficient (Wildman–Crippen LogP) is -1.13. The number of hydrogen-bond donors (Lipinski definition) is 0. The average molecular weight is 453 g/mol. The Morgan fingerprint density at radius 2 is 1.00 bits per heavy atom. The molecule has 2 nitrogen and oxygen atoms in total. The second kappa shape index (κ2) is 104. The van der Waals surface area contributed by atoms with Gasteiger partial charge in [-0.25, -0.2) is 0 Å². The topological polar surface area (TPSA) is 34.1 Å². The van der Waals surface area contributed by atoms with Crippen molar-refractivity contribution >= 4 is 17.4 Å². The van der Waals surface area contributed by atoms with Gasteiger partial charge in [0.05, 0.1) is 0 Å². The van der Waals surface area contributed by atoms with Gasteiger partial charge < -0.3 is 0 Å². The monoisotopic (exact) mass is 452 g/mol. The van der Waals surface area contributed by atoms with E-state index in [9.17, 15) is 0 Å². The van der Waals surface area contributed by atoms with E-state index in [-0.39, 0.29) is 125 Å². The minimum Gasteiger partial charge on any atom is 0 e. The molecule has 2 radical (unpaired) electrons. The van der Waals surface area contributed by atoms with Gasteiger partial charge >= 0.3 is 0 Å². The van der Waals surface area contributed by atoms with Gasteiger partial charge in [0.15, 0.2) is 17.4 Å². The van der Waals surface area contributed by atoms with Crippen molar-refractivity contribution in [3.63, 3.8) is 0 Å². The smallest absolute Gasteiger partial charge is 0 e. The first-order valence-electron chi connectivity index (χ1n) is 0.167. The molecule has 0 aliphatic carbocycles. The molecule has 0 saturated heterocycles. The van der Waals surface area contributed by atoms with Crippen molar-refractivity contribution < 1.29 is 108 Å². The summed E-state index contributed by atoms with van der Waals surface area (Å²) in [4.78, 5) is 14.0. The molecule has 0 saturated carbocycles. The summed E-state index contributed by atoms with van der Waals surface area (Å²) in [6, 6.07) is 0. The van der Waals surface area contributed by atoms with E-state index in [4.69, 9.17) is 9.93 Å². The molecule has 0 unspecified atom stereocenters. The Labute approximate surface area is 133 Å². The molecular formula is H3AlCoFeNiO2RuVZn. The van der Waals surface area contributed by atoms with Crippen molar-refractivity contribution in [2.24, 2.45) is 0 Å². The molecule has 0 aliphatic heterocycles. The third-order valence-electron chi connectivity index (χ3n) is 0. The van der Waals surface area contributed by atoms with E-state index in [2.05, 4.69) is 0 Å². The Balaban J connectivity index is -0.000000000238. The fraction of sp³-hybridized carbons (Fsp3) is 0. The van der Waals surface area contributed by atoms with Crippen LogP contribution in [0.15, 0.2) is 0 Å². The van der Waals surface area contributed by atoms with E-state index < -0.39 is 0 Å². The van der Waals surface area contributed by atoms with Crippen LogP contribution in [0.4, 0.5) is 0 Å². The molecule has 0 aromatic carbocycles. The van der Waals surface area contributed by atoms with Crippen molar-refractivity contribution in [2.45, 2.75) is 0 Å². The summed E-state index contributed by atoms with van der Waals surface area (Å²) in [6.07, 6.45) is 0. The zero-order valence-corrected chi connectivity index (χ0v) is 12.6. The Morgan fingerprint density at radius 1 is 1.00 bits per heavy atom. The van der Waals surface area contributed by atoms with Crippen LogP contribution in [0.1, 0.15) is 0 Å². The van der Waals surface area contributed by atoms with Crippen LogP contribution in [-0.2, 0) is 108 Å². The third-order valence-corrected chi connectivity index (χ3v) is 0. The molecular weight excluding hydrogens is 450 g/mol. The van der Waals surface area contributed by atoms with E-state index in [0.717, 1.165) is 0 Å². The van der Waals surface area contributed by atoms with Crippen molar-refractivity contribution in [2.75, 3.05) is 0 Å². The second-order valence-corrected chi connectivity index (χ2v) is 0. The molecule has 0 aliphatic rings. The molecule has 0 fully saturated rings. The molecule has 0 N–H and O–H groups in total. The quantitative estimate of drug-likeness (QED) is 0.436. The van der Waals surface area contributed by atoms with Gasteiger partial charge in [0.2, 0.25) is 0 Å². The molecule has 0 spiro atoms. The SMILES string of the molecule is O=O.[AlH3].[Co].[Fe].[Ni].[Ru].[V].[Zn]. The van der Waals surface area contributed by atoms with E-state index in [0.29, 0.717) is 0 Å². The van der Waals surface area contributed by atoms with Gasteiger partial charge in [0, 0.05) is 118 Å². The van der Waals surface area contributed by atoms with Crippen LogP contribution in [0.2, 0.25) is 0 Å². The van der Waals surface area contributed by atoms with Crippen LogP contribution in [0.5, 0.6) is 0 Å². The maximum absolute atomic E-state index is 7.00. The van der Waals surface area contributed by atoms with Gasteiger partial charge in [-0.15, -0.1) is 0 Å². The van der Waals surface area contributed by atoms with Crippen LogP contribution in [0, 0.1) is 9.93 Å². The second-order valence-electron chi connectivity index (χ2n) is 0. The van der Waals surface area contributed by atoms with Gasteiger partial charge in [-0.3, -0.25) is 0 Å². The molecule has 0 rings (SSSR count). The fourth-order valence-corrected chi connectivity index (χ4v) is 0. The Morgan fingerprint density at radius 3 is 1.00 bits per heavy atom.